The fourth-order valence-corrected chi connectivity index (χ4v) is 3.22. The number of halogens is 2. The van der Waals surface area contributed by atoms with Gasteiger partial charge in [0.1, 0.15) is 10.8 Å². The van der Waals surface area contributed by atoms with Crippen LogP contribution in [0.25, 0.3) is 5.57 Å². The molecule has 5 heteroatoms. The Hall–Kier alpha value is -0.640. The highest BCUT2D eigenvalue weighted by molar-refractivity contribution is 6.33. The zero-order chi connectivity index (χ0) is 12.0. The number of hydrogen-bond donors (Lipinski definition) is 0. The first kappa shape index (κ1) is 11.5. The third-order valence-corrected chi connectivity index (χ3v) is 4.19. The highest BCUT2D eigenvalue weighted by Gasteiger charge is 2.34. The fraction of sp³-hybridized carbons (Fsp3) is 0.500. The lowest BCUT2D eigenvalue weighted by molar-refractivity contribution is 0.264. The van der Waals surface area contributed by atoms with Gasteiger partial charge in [0.05, 0.1) is 6.20 Å². The molecule has 3 heterocycles. The molecule has 2 unspecified atom stereocenters. The molecule has 2 atom stereocenters. The van der Waals surface area contributed by atoms with Gasteiger partial charge in [-0.1, -0.05) is 29.3 Å². The van der Waals surface area contributed by atoms with Crippen molar-refractivity contribution in [1.82, 2.24) is 14.9 Å². The Balaban J connectivity index is 1.98. The molecule has 0 radical (unpaired) electrons. The lowest BCUT2D eigenvalue weighted by Crippen LogP contribution is -2.34. The molecule has 0 spiro atoms. The third kappa shape index (κ3) is 1.96. The minimum Gasteiger partial charge on any atom is -0.297 e. The van der Waals surface area contributed by atoms with Gasteiger partial charge in [-0.25, -0.2) is 4.98 Å². The van der Waals surface area contributed by atoms with E-state index in [1.165, 1.54) is 18.4 Å². The van der Waals surface area contributed by atoms with Gasteiger partial charge in [-0.15, -0.1) is 0 Å². The van der Waals surface area contributed by atoms with Crippen LogP contribution in [0.15, 0.2) is 12.3 Å². The summed E-state index contributed by atoms with van der Waals surface area (Å²) >= 11 is 11.9. The van der Waals surface area contributed by atoms with Gasteiger partial charge >= 0.3 is 0 Å². The lowest BCUT2D eigenvalue weighted by Gasteiger charge is -2.30. The maximum Gasteiger partial charge on any atom is 0.156 e. The molecule has 1 fully saturated rings. The van der Waals surface area contributed by atoms with Crippen molar-refractivity contribution in [2.45, 2.75) is 31.3 Å². The van der Waals surface area contributed by atoms with Crippen molar-refractivity contribution in [3.05, 3.63) is 28.3 Å². The SMILES string of the molecule is CN1C2C=C(c3ncc(Cl)nc3Cl)CC1CC2. The number of hydrogen-bond acceptors (Lipinski definition) is 3. The van der Waals surface area contributed by atoms with E-state index in [1.807, 2.05) is 0 Å². The van der Waals surface area contributed by atoms with E-state index in [0.29, 0.717) is 22.4 Å². The van der Waals surface area contributed by atoms with E-state index >= 15 is 0 Å². The van der Waals surface area contributed by atoms with Gasteiger partial charge in [-0.3, -0.25) is 9.88 Å². The van der Waals surface area contributed by atoms with Gasteiger partial charge in [0.25, 0.3) is 0 Å². The summed E-state index contributed by atoms with van der Waals surface area (Å²) in [6.45, 7) is 0. The van der Waals surface area contributed by atoms with Crippen LogP contribution < -0.4 is 0 Å². The van der Waals surface area contributed by atoms with Crippen LogP contribution >= 0.6 is 23.2 Å². The average molecular weight is 270 g/mol. The molecule has 1 aromatic rings. The molecule has 0 N–H and O–H groups in total. The van der Waals surface area contributed by atoms with E-state index in [2.05, 4.69) is 28.0 Å². The monoisotopic (exact) mass is 269 g/mol. The largest absolute Gasteiger partial charge is 0.297 e. The van der Waals surface area contributed by atoms with E-state index in [9.17, 15) is 0 Å². The molecule has 2 aliphatic heterocycles. The Labute approximate surface area is 110 Å². The maximum absolute atomic E-state index is 6.10. The molecule has 2 aliphatic rings. The van der Waals surface area contributed by atoms with E-state index in [0.717, 1.165) is 12.1 Å². The second-order valence-electron chi connectivity index (χ2n) is 4.69. The van der Waals surface area contributed by atoms with E-state index in [-0.39, 0.29) is 0 Å². The molecule has 0 aliphatic carbocycles. The summed E-state index contributed by atoms with van der Waals surface area (Å²) in [4.78, 5) is 10.8. The van der Waals surface area contributed by atoms with Crippen LogP contribution in [0.5, 0.6) is 0 Å². The molecule has 2 bridgehead atoms. The van der Waals surface area contributed by atoms with Crippen LogP contribution in [0.1, 0.15) is 25.0 Å². The fourth-order valence-electron chi connectivity index (χ4n) is 2.78. The van der Waals surface area contributed by atoms with Gasteiger partial charge in [0, 0.05) is 12.1 Å². The second-order valence-corrected chi connectivity index (χ2v) is 5.44. The Kier molecular flexibility index (Phi) is 2.85. The smallest absolute Gasteiger partial charge is 0.156 e. The quantitative estimate of drug-likeness (QED) is 0.785. The van der Waals surface area contributed by atoms with Gasteiger partial charge in [0.15, 0.2) is 5.15 Å². The van der Waals surface area contributed by atoms with Gasteiger partial charge in [-0.05, 0) is 31.9 Å². The topological polar surface area (TPSA) is 29.0 Å². The molecule has 1 aromatic heterocycles. The van der Waals surface area contributed by atoms with Crippen LogP contribution in [0.4, 0.5) is 0 Å². The van der Waals surface area contributed by atoms with Crippen LogP contribution in [-0.2, 0) is 0 Å². The summed E-state index contributed by atoms with van der Waals surface area (Å²) in [7, 11) is 2.19. The molecule has 3 rings (SSSR count). The first-order valence-electron chi connectivity index (χ1n) is 5.76. The van der Waals surface area contributed by atoms with Crippen molar-refractivity contribution in [2.75, 3.05) is 7.05 Å². The van der Waals surface area contributed by atoms with E-state index in [1.54, 1.807) is 6.20 Å². The van der Waals surface area contributed by atoms with Gasteiger partial charge in [0.2, 0.25) is 0 Å². The standard InChI is InChI=1S/C12H13Cl2N3/c1-17-8-2-3-9(17)5-7(4-8)11-12(14)16-10(13)6-15-11/h4,6,8-9H,2-3,5H2,1H3. The molecule has 3 nitrogen and oxygen atoms in total. The van der Waals surface area contributed by atoms with Crippen molar-refractivity contribution in [3.8, 4) is 0 Å². The number of rotatable bonds is 1. The van der Waals surface area contributed by atoms with Gasteiger partial charge in [-0.2, -0.15) is 0 Å². The Morgan fingerprint density at radius 2 is 2.18 bits per heavy atom. The van der Waals surface area contributed by atoms with E-state index in [4.69, 9.17) is 23.2 Å². The summed E-state index contributed by atoms with van der Waals surface area (Å²) in [6, 6.07) is 1.14. The van der Waals surface area contributed by atoms with Crippen LogP contribution in [0.2, 0.25) is 10.3 Å². The Bertz CT molecular complexity index is 487. The minimum atomic E-state index is 0.343. The third-order valence-electron chi connectivity index (χ3n) is 3.75. The predicted molar refractivity (Wildman–Crippen MR) is 69.2 cm³/mol. The van der Waals surface area contributed by atoms with E-state index < -0.39 is 0 Å². The molecule has 0 saturated carbocycles. The normalized spacial score (nSPS) is 28.3. The Morgan fingerprint density at radius 1 is 1.35 bits per heavy atom. The summed E-state index contributed by atoms with van der Waals surface area (Å²) in [5, 5.41) is 0.753. The maximum atomic E-state index is 6.10. The average Bonchev–Trinajstić information content (AvgIpc) is 2.52. The predicted octanol–water partition coefficient (Wildman–Crippen LogP) is 3.03. The molecular formula is C12H13Cl2N3. The van der Waals surface area contributed by atoms with Gasteiger partial charge < -0.3 is 0 Å². The van der Waals surface area contributed by atoms with Crippen molar-refractivity contribution in [2.24, 2.45) is 0 Å². The summed E-state index contributed by atoms with van der Waals surface area (Å²) in [5.41, 5.74) is 2.01. The zero-order valence-corrected chi connectivity index (χ0v) is 11.0. The lowest BCUT2D eigenvalue weighted by atomic mass is 9.99. The molecule has 0 amide bonds. The number of nitrogens with zero attached hydrogens (tertiary/aromatic N) is 3. The van der Waals surface area contributed by atoms with Crippen LogP contribution in [-0.4, -0.2) is 34.0 Å². The summed E-state index contributed by atoms with van der Waals surface area (Å²) in [6.07, 6.45) is 7.31. The first-order valence-corrected chi connectivity index (χ1v) is 6.52. The number of likely N-dealkylation sites (N-methyl/N-ethyl adjacent to an activating group) is 1. The van der Waals surface area contributed by atoms with Crippen molar-refractivity contribution < 1.29 is 0 Å². The highest BCUT2D eigenvalue weighted by atomic mass is 35.5. The first-order chi connectivity index (χ1) is 8.15. The van der Waals surface area contributed by atoms with Crippen LogP contribution in [0.3, 0.4) is 0 Å². The number of aromatic nitrogens is 2. The molecule has 17 heavy (non-hydrogen) atoms. The summed E-state index contributed by atoms with van der Waals surface area (Å²) in [5.74, 6) is 0. The van der Waals surface area contributed by atoms with Crippen molar-refractivity contribution in [1.29, 1.82) is 0 Å². The Morgan fingerprint density at radius 3 is 2.88 bits per heavy atom. The minimum absolute atomic E-state index is 0.343. The summed E-state index contributed by atoms with van der Waals surface area (Å²) < 4.78 is 0. The second kappa shape index (κ2) is 4.23. The van der Waals surface area contributed by atoms with Crippen molar-refractivity contribution >= 4 is 28.8 Å². The molecule has 1 saturated heterocycles. The zero-order valence-electron chi connectivity index (χ0n) is 9.53. The van der Waals surface area contributed by atoms with Crippen molar-refractivity contribution in [3.63, 3.8) is 0 Å². The molecule has 0 aromatic carbocycles. The molecular weight excluding hydrogens is 257 g/mol. The number of fused-ring (bicyclic) bond motifs is 2. The van der Waals surface area contributed by atoms with Crippen LogP contribution in [0, 0.1) is 0 Å². The highest BCUT2D eigenvalue weighted by Crippen LogP contribution is 2.38. The molecule has 90 valence electrons.